The summed E-state index contributed by atoms with van der Waals surface area (Å²) in [4.78, 5) is 11.8. The number of nitrogens with one attached hydrogen (secondary N) is 2. The van der Waals surface area contributed by atoms with Crippen LogP contribution in [0.5, 0.6) is 0 Å². The maximum atomic E-state index is 12.3. The molecular weight excluding hydrogens is 368 g/mol. The van der Waals surface area contributed by atoms with Crippen molar-refractivity contribution in [2.75, 3.05) is 20.2 Å². The highest BCUT2D eigenvalue weighted by Crippen LogP contribution is 2.32. The number of carbonyl (C=O) groups excluding carboxylic acids is 1. The fourth-order valence-electron chi connectivity index (χ4n) is 1.97. The Hall–Kier alpha value is -0.480. The van der Waals surface area contributed by atoms with E-state index in [2.05, 4.69) is 30.7 Å². The molecule has 0 bridgehead atoms. The van der Waals surface area contributed by atoms with E-state index in [0.717, 1.165) is 30.7 Å². The first-order valence-corrected chi connectivity index (χ1v) is 9.14. The Kier molecular flexibility index (Phi) is 5.19. The fraction of sp³-hybridized carbons (Fsp3) is 0.545. The minimum atomic E-state index is -3.65. The number of ether oxygens (including phenoxy) is 1. The first-order chi connectivity index (χ1) is 9.44. The van der Waals surface area contributed by atoms with Crippen LogP contribution in [0.25, 0.3) is 0 Å². The van der Waals surface area contributed by atoms with Crippen molar-refractivity contribution in [1.82, 2.24) is 10.0 Å². The summed E-state index contributed by atoms with van der Waals surface area (Å²) in [6, 6.07) is 1.21. The van der Waals surface area contributed by atoms with Gasteiger partial charge in [0.1, 0.15) is 9.77 Å². The van der Waals surface area contributed by atoms with Gasteiger partial charge < -0.3 is 10.1 Å². The minimum Gasteiger partial charge on any atom is -0.465 e. The van der Waals surface area contributed by atoms with Crippen molar-refractivity contribution in [3.05, 3.63) is 14.7 Å². The Labute approximate surface area is 130 Å². The molecule has 0 aromatic carbocycles. The molecule has 0 saturated carbocycles. The van der Waals surface area contributed by atoms with Gasteiger partial charge in [-0.15, -0.1) is 11.3 Å². The van der Waals surface area contributed by atoms with E-state index in [-0.39, 0.29) is 15.8 Å². The number of hydrogen-bond donors (Lipinski definition) is 2. The van der Waals surface area contributed by atoms with Gasteiger partial charge in [-0.1, -0.05) is 0 Å². The SMILES string of the molecule is COC(=O)c1cc(S(=O)(=O)N[C@@H]2CCCNC2)c(Br)s1. The third kappa shape index (κ3) is 3.59. The van der Waals surface area contributed by atoms with Crippen molar-refractivity contribution in [3.63, 3.8) is 0 Å². The molecule has 0 radical (unpaired) electrons. The van der Waals surface area contributed by atoms with Gasteiger partial charge >= 0.3 is 5.97 Å². The molecule has 1 saturated heterocycles. The smallest absolute Gasteiger partial charge is 0.348 e. The Balaban J connectivity index is 2.20. The average Bonchev–Trinajstić information content (AvgIpc) is 2.81. The fourth-order valence-corrected chi connectivity index (χ4v) is 5.72. The molecular formula is C11H15BrN2O4S2. The highest BCUT2D eigenvalue weighted by Gasteiger charge is 2.26. The Morgan fingerprint density at radius 3 is 2.95 bits per heavy atom. The maximum Gasteiger partial charge on any atom is 0.348 e. The van der Waals surface area contributed by atoms with E-state index in [0.29, 0.717) is 10.3 Å². The second-order valence-electron chi connectivity index (χ2n) is 4.40. The number of rotatable bonds is 4. The summed E-state index contributed by atoms with van der Waals surface area (Å²) in [6.45, 7) is 1.53. The summed E-state index contributed by atoms with van der Waals surface area (Å²) in [5.41, 5.74) is 0. The topological polar surface area (TPSA) is 84.5 Å². The van der Waals surface area contributed by atoms with E-state index >= 15 is 0 Å². The van der Waals surface area contributed by atoms with Crippen LogP contribution in [0, 0.1) is 0 Å². The van der Waals surface area contributed by atoms with Gasteiger partial charge in [0.2, 0.25) is 10.0 Å². The summed E-state index contributed by atoms with van der Waals surface area (Å²) in [7, 11) is -2.39. The maximum absolute atomic E-state index is 12.3. The number of esters is 1. The predicted molar refractivity (Wildman–Crippen MR) is 79.6 cm³/mol. The molecule has 0 spiro atoms. The van der Waals surface area contributed by atoms with Crippen molar-refractivity contribution in [2.24, 2.45) is 0 Å². The largest absolute Gasteiger partial charge is 0.465 e. The summed E-state index contributed by atoms with van der Waals surface area (Å²) in [5, 5.41) is 3.15. The van der Waals surface area contributed by atoms with Crippen LogP contribution in [-0.4, -0.2) is 40.6 Å². The molecule has 2 rings (SSSR count). The average molecular weight is 383 g/mol. The molecule has 9 heteroatoms. The molecule has 0 aliphatic carbocycles. The van der Waals surface area contributed by atoms with E-state index in [9.17, 15) is 13.2 Å². The number of piperidine rings is 1. The number of sulfonamides is 1. The van der Waals surface area contributed by atoms with Crippen molar-refractivity contribution in [1.29, 1.82) is 0 Å². The third-order valence-electron chi connectivity index (χ3n) is 2.95. The molecule has 1 aromatic rings. The van der Waals surface area contributed by atoms with E-state index in [4.69, 9.17) is 0 Å². The Bertz CT molecular complexity index is 594. The number of halogens is 1. The molecule has 6 nitrogen and oxygen atoms in total. The number of thiophene rings is 1. The molecule has 2 heterocycles. The molecule has 1 atom stereocenters. The molecule has 2 N–H and O–H groups in total. The van der Waals surface area contributed by atoms with Gasteiger partial charge in [-0.25, -0.2) is 17.9 Å². The lowest BCUT2D eigenvalue weighted by Gasteiger charge is -2.23. The minimum absolute atomic E-state index is 0.0773. The summed E-state index contributed by atoms with van der Waals surface area (Å²) in [5.74, 6) is -0.545. The van der Waals surface area contributed by atoms with Crippen LogP contribution in [-0.2, 0) is 14.8 Å². The zero-order chi connectivity index (χ0) is 14.8. The Morgan fingerprint density at radius 1 is 1.60 bits per heavy atom. The molecule has 0 unspecified atom stereocenters. The van der Waals surface area contributed by atoms with Crippen LogP contribution in [0.3, 0.4) is 0 Å². The first-order valence-electron chi connectivity index (χ1n) is 6.04. The molecule has 0 amide bonds. The molecule has 1 aromatic heterocycles. The lowest BCUT2D eigenvalue weighted by Crippen LogP contribution is -2.45. The standard InChI is InChI=1S/C11H15BrN2O4S2/c1-18-11(15)8-5-9(10(12)19-8)20(16,17)14-7-3-2-4-13-6-7/h5,7,13-14H,2-4,6H2,1H3/t7-/m1/s1. The van der Waals surface area contributed by atoms with Crippen LogP contribution in [0.4, 0.5) is 0 Å². The van der Waals surface area contributed by atoms with E-state index in [1.54, 1.807) is 0 Å². The van der Waals surface area contributed by atoms with E-state index < -0.39 is 16.0 Å². The van der Waals surface area contributed by atoms with Gasteiger partial charge in [-0.3, -0.25) is 0 Å². The summed E-state index contributed by atoms with van der Waals surface area (Å²) in [6.07, 6.45) is 1.74. The van der Waals surface area contributed by atoms with Crippen molar-refractivity contribution >= 4 is 43.3 Å². The normalized spacial score (nSPS) is 19.8. The second-order valence-corrected chi connectivity index (χ2v) is 8.46. The quantitative estimate of drug-likeness (QED) is 0.767. The van der Waals surface area contributed by atoms with E-state index in [1.165, 1.54) is 13.2 Å². The van der Waals surface area contributed by atoms with Gasteiger partial charge in [0, 0.05) is 12.6 Å². The van der Waals surface area contributed by atoms with Crippen LogP contribution >= 0.6 is 27.3 Å². The number of carbonyl (C=O) groups is 1. The van der Waals surface area contributed by atoms with Gasteiger partial charge in [-0.05, 0) is 41.4 Å². The molecule has 20 heavy (non-hydrogen) atoms. The van der Waals surface area contributed by atoms with Gasteiger partial charge in [0.05, 0.1) is 10.9 Å². The number of hydrogen-bond acceptors (Lipinski definition) is 6. The molecule has 1 fully saturated rings. The van der Waals surface area contributed by atoms with Crippen LogP contribution in [0.1, 0.15) is 22.5 Å². The van der Waals surface area contributed by atoms with Gasteiger partial charge in [0.25, 0.3) is 0 Å². The molecule has 1 aliphatic heterocycles. The number of methoxy groups -OCH3 is 1. The second kappa shape index (κ2) is 6.52. The van der Waals surface area contributed by atoms with Crippen LogP contribution < -0.4 is 10.0 Å². The lowest BCUT2D eigenvalue weighted by atomic mass is 10.1. The van der Waals surface area contributed by atoms with Crippen molar-refractivity contribution in [3.8, 4) is 0 Å². The summed E-state index contributed by atoms with van der Waals surface area (Å²) < 4.78 is 32.3. The van der Waals surface area contributed by atoms with Gasteiger partial charge in [-0.2, -0.15) is 0 Å². The Morgan fingerprint density at radius 2 is 2.35 bits per heavy atom. The van der Waals surface area contributed by atoms with E-state index in [1.807, 2.05) is 0 Å². The molecule has 1 aliphatic rings. The lowest BCUT2D eigenvalue weighted by molar-refractivity contribution is 0.0606. The first kappa shape index (κ1) is 15.9. The van der Waals surface area contributed by atoms with Crippen molar-refractivity contribution < 1.29 is 17.9 Å². The molecule has 112 valence electrons. The van der Waals surface area contributed by atoms with Crippen molar-refractivity contribution in [2.45, 2.75) is 23.8 Å². The van der Waals surface area contributed by atoms with Crippen LogP contribution in [0.15, 0.2) is 14.7 Å². The predicted octanol–water partition coefficient (Wildman–Crippen LogP) is 1.33. The van der Waals surface area contributed by atoms with Gasteiger partial charge in [0.15, 0.2) is 0 Å². The zero-order valence-electron chi connectivity index (χ0n) is 10.8. The highest BCUT2D eigenvalue weighted by molar-refractivity contribution is 9.11. The highest BCUT2D eigenvalue weighted by atomic mass is 79.9. The van der Waals surface area contributed by atoms with Crippen LogP contribution in [0.2, 0.25) is 0 Å². The monoisotopic (exact) mass is 382 g/mol. The summed E-state index contributed by atoms with van der Waals surface area (Å²) >= 11 is 4.23. The third-order valence-corrected chi connectivity index (χ3v) is 6.70. The zero-order valence-corrected chi connectivity index (χ0v) is 14.0.